The highest BCUT2D eigenvalue weighted by atomic mass is 32.2. The first-order valence-corrected chi connectivity index (χ1v) is 12.1. The topological polar surface area (TPSA) is 110 Å². The van der Waals surface area contributed by atoms with E-state index in [9.17, 15) is 18.0 Å². The Kier molecular flexibility index (Phi) is 6.21. The number of amides is 1. The molecule has 3 aromatic carbocycles. The van der Waals surface area contributed by atoms with Gasteiger partial charge in [-0.1, -0.05) is 36.4 Å². The van der Waals surface area contributed by atoms with Gasteiger partial charge in [0.25, 0.3) is 15.6 Å². The van der Waals surface area contributed by atoms with Crippen LogP contribution in [0.3, 0.4) is 0 Å². The maximum absolute atomic E-state index is 12.8. The van der Waals surface area contributed by atoms with Gasteiger partial charge in [-0.2, -0.15) is 5.10 Å². The normalized spacial score (nSPS) is 11.4. The first-order chi connectivity index (χ1) is 16.2. The predicted molar refractivity (Wildman–Crippen MR) is 133 cm³/mol. The second-order valence-electron chi connectivity index (χ2n) is 8.04. The number of aromatic nitrogens is 2. The Labute approximate surface area is 197 Å². The van der Waals surface area contributed by atoms with Crippen LogP contribution in [0.5, 0.6) is 0 Å². The summed E-state index contributed by atoms with van der Waals surface area (Å²) >= 11 is 0. The van der Waals surface area contributed by atoms with Crippen LogP contribution in [0.1, 0.15) is 16.8 Å². The largest absolute Gasteiger partial charge is 0.324 e. The van der Waals surface area contributed by atoms with Crippen LogP contribution < -0.4 is 15.6 Å². The Hall–Kier alpha value is -3.98. The number of fused-ring (bicyclic) bond motifs is 1. The van der Waals surface area contributed by atoms with Gasteiger partial charge in [0.1, 0.15) is 6.54 Å². The van der Waals surface area contributed by atoms with Crippen LogP contribution in [0.2, 0.25) is 0 Å². The SMILES string of the molecule is Cc1cccc(C)c1NS(=O)(=O)c1ccc(NC(=O)Cn2nc(C)c3ccccc3c2=O)cc1. The van der Waals surface area contributed by atoms with E-state index >= 15 is 0 Å². The van der Waals surface area contributed by atoms with Gasteiger partial charge in [0.05, 0.1) is 21.7 Å². The Balaban J connectivity index is 1.49. The second-order valence-corrected chi connectivity index (χ2v) is 9.72. The summed E-state index contributed by atoms with van der Waals surface area (Å²) in [4.78, 5) is 25.3. The molecule has 174 valence electrons. The number of sulfonamides is 1. The molecule has 4 rings (SSSR count). The van der Waals surface area contributed by atoms with Crippen molar-refractivity contribution < 1.29 is 13.2 Å². The van der Waals surface area contributed by atoms with Crippen molar-refractivity contribution in [3.63, 3.8) is 0 Å². The Morgan fingerprint density at radius 2 is 1.50 bits per heavy atom. The summed E-state index contributed by atoms with van der Waals surface area (Å²) < 4.78 is 29.4. The molecule has 0 unspecified atom stereocenters. The summed E-state index contributed by atoms with van der Waals surface area (Å²) in [6.07, 6.45) is 0. The number of anilines is 2. The highest BCUT2D eigenvalue weighted by Crippen LogP contribution is 2.24. The van der Waals surface area contributed by atoms with E-state index in [1.165, 1.54) is 24.3 Å². The van der Waals surface area contributed by atoms with Crippen molar-refractivity contribution in [2.24, 2.45) is 0 Å². The minimum atomic E-state index is -3.80. The van der Waals surface area contributed by atoms with Crippen LogP contribution in [-0.4, -0.2) is 24.1 Å². The van der Waals surface area contributed by atoms with Crippen LogP contribution in [0, 0.1) is 20.8 Å². The highest BCUT2D eigenvalue weighted by Gasteiger charge is 2.17. The van der Waals surface area contributed by atoms with E-state index in [1.807, 2.05) is 44.2 Å². The molecule has 8 nitrogen and oxygen atoms in total. The molecule has 0 spiro atoms. The average Bonchev–Trinajstić information content (AvgIpc) is 2.80. The van der Waals surface area contributed by atoms with Crippen LogP contribution in [0.4, 0.5) is 11.4 Å². The second kappa shape index (κ2) is 9.11. The van der Waals surface area contributed by atoms with Crippen LogP contribution in [-0.2, 0) is 21.4 Å². The fourth-order valence-electron chi connectivity index (χ4n) is 3.73. The number of nitrogens with one attached hydrogen (secondary N) is 2. The summed E-state index contributed by atoms with van der Waals surface area (Å²) in [6, 6.07) is 18.5. The number of hydrogen-bond donors (Lipinski definition) is 2. The summed E-state index contributed by atoms with van der Waals surface area (Å²) in [7, 11) is -3.80. The van der Waals surface area contributed by atoms with Crippen molar-refractivity contribution in [3.8, 4) is 0 Å². The van der Waals surface area contributed by atoms with Gasteiger partial charge in [0.15, 0.2) is 0 Å². The molecule has 34 heavy (non-hydrogen) atoms. The molecule has 0 aliphatic carbocycles. The average molecular weight is 477 g/mol. The Morgan fingerprint density at radius 3 is 2.15 bits per heavy atom. The number of para-hydroxylation sites is 1. The zero-order valence-corrected chi connectivity index (χ0v) is 19.8. The molecule has 0 aliphatic rings. The monoisotopic (exact) mass is 476 g/mol. The maximum atomic E-state index is 12.8. The molecular weight excluding hydrogens is 452 g/mol. The zero-order valence-electron chi connectivity index (χ0n) is 19.0. The van der Waals surface area contributed by atoms with E-state index in [4.69, 9.17) is 0 Å². The minimum Gasteiger partial charge on any atom is -0.324 e. The fraction of sp³-hybridized carbons (Fsp3) is 0.160. The van der Waals surface area contributed by atoms with E-state index in [1.54, 1.807) is 19.1 Å². The smallest absolute Gasteiger partial charge is 0.275 e. The lowest BCUT2D eigenvalue weighted by molar-refractivity contribution is -0.117. The van der Waals surface area contributed by atoms with E-state index < -0.39 is 15.9 Å². The van der Waals surface area contributed by atoms with E-state index in [0.717, 1.165) is 21.2 Å². The molecule has 1 aromatic heterocycles. The fourth-order valence-corrected chi connectivity index (χ4v) is 4.94. The number of aryl methyl sites for hydroxylation is 3. The molecule has 4 aromatic rings. The quantitative estimate of drug-likeness (QED) is 0.440. The molecule has 0 atom stereocenters. The molecule has 0 aliphatic heterocycles. The lowest BCUT2D eigenvalue weighted by Crippen LogP contribution is -2.30. The summed E-state index contributed by atoms with van der Waals surface area (Å²) in [5.74, 6) is -0.450. The van der Waals surface area contributed by atoms with Gasteiger partial charge in [-0.3, -0.25) is 14.3 Å². The third-order valence-corrected chi connectivity index (χ3v) is 6.88. The predicted octanol–water partition coefficient (Wildman–Crippen LogP) is 3.76. The number of nitrogens with zero attached hydrogens (tertiary/aromatic N) is 2. The Morgan fingerprint density at radius 1 is 0.882 bits per heavy atom. The molecule has 0 saturated carbocycles. The van der Waals surface area contributed by atoms with Crippen molar-refractivity contribution in [1.29, 1.82) is 0 Å². The lowest BCUT2D eigenvalue weighted by Gasteiger charge is -2.13. The van der Waals surface area contributed by atoms with Crippen molar-refractivity contribution in [2.45, 2.75) is 32.2 Å². The number of hydrogen-bond acceptors (Lipinski definition) is 5. The molecule has 9 heteroatoms. The highest BCUT2D eigenvalue weighted by molar-refractivity contribution is 7.92. The summed E-state index contributed by atoms with van der Waals surface area (Å²) in [6.45, 7) is 5.18. The van der Waals surface area contributed by atoms with Gasteiger partial charge in [-0.15, -0.1) is 0 Å². The first kappa shape index (κ1) is 23.2. The lowest BCUT2D eigenvalue weighted by atomic mass is 10.1. The Bertz CT molecular complexity index is 1540. The van der Waals surface area contributed by atoms with Gasteiger partial charge in [0, 0.05) is 11.1 Å². The molecule has 0 bridgehead atoms. The van der Waals surface area contributed by atoms with Gasteiger partial charge < -0.3 is 5.32 Å². The van der Waals surface area contributed by atoms with Crippen molar-refractivity contribution >= 4 is 38.1 Å². The third kappa shape index (κ3) is 4.69. The number of benzene rings is 3. The van der Waals surface area contributed by atoms with Gasteiger partial charge in [-0.05, 0) is 62.2 Å². The van der Waals surface area contributed by atoms with Crippen molar-refractivity contribution in [2.75, 3.05) is 10.0 Å². The molecule has 0 fully saturated rings. The first-order valence-electron chi connectivity index (χ1n) is 10.6. The maximum Gasteiger partial charge on any atom is 0.275 e. The standard InChI is InChI=1S/C25H24N4O4S/c1-16-7-6-8-17(2)24(16)28-34(32,33)20-13-11-19(12-14-20)26-23(30)15-29-25(31)22-10-5-4-9-21(22)18(3)27-29/h4-14,28H,15H2,1-3H3,(H,26,30). The van der Waals surface area contributed by atoms with Crippen molar-refractivity contribution in [1.82, 2.24) is 9.78 Å². The van der Waals surface area contributed by atoms with E-state index in [-0.39, 0.29) is 17.0 Å². The third-order valence-electron chi connectivity index (χ3n) is 5.51. The van der Waals surface area contributed by atoms with Crippen LogP contribution in [0.15, 0.2) is 76.4 Å². The van der Waals surface area contributed by atoms with Crippen molar-refractivity contribution in [3.05, 3.63) is 93.9 Å². The molecule has 1 amide bonds. The van der Waals surface area contributed by atoms with Gasteiger partial charge in [0.2, 0.25) is 5.91 Å². The van der Waals surface area contributed by atoms with Gasteiger partial charge >= 0.3 is 0 Å². The van der Waals surface area contributed by atoms with E-state index in [0.29, 0.717) is 22.5 Å². The molecular formula is C25H24N4O4S. The molecule has 0 saturated heterocycles. The zero-order chi connectivity index (χ0) is 24.5. The number of carbonyl (C=O) groups is 1. The minimum absolute atomic E-state index is 0.0659. The number of carbonyl (C=O) groups excluding carboxylic acids is 1. The summed E-state index contributed by atoms with van der Waals surface area (Å²) in [5.41, 5.74) is 2.88. The van der Waals surface area contributed by atoms with Crippen LogP contribution >= 0.6 is 0 Å². The van der Waals surface area contributed by atoms with Crippen LogP contribution in [0.25, 0.3) is 10.8 Å². The molecule has 0 radical (unpaired) electrons. The summed E-state index contributed by atoms with van der Waals surface area (Å²) in [5, 5.41) is 8.16. The van der Waals surface area contributed by atoms with Gasteiger partial charge in [-0.25, -0.2) is 13.1 Å². The molecule has 1 heterocycles. The van der Waals surface area contributed by atoms with E-state index in [2.05, 4.69) is 15.1 Å². The molecule has 2 N–H and O–H groups in total. The number of rotatable bonds is 6.